The van der Waals surface area contributed by atoms with Crippen LogP contribution in [0.15, 0.2) is 42.6 Å². The Morgan fingerprint density at radius 3 is 2.38 bits per heavy atom. The lowest BCUT2D eigenvalue weighted by atomic mass is 10.1. The Morgan fingerprint density at radius 2 is 1.86 bits per heavy atom. The molecule has 1 atom stereocenters. The minimum atomic E-state index is 0.162. The Hall–Kier alpha value is -1.91. The van der Waals surface area contributed by atoms with Crippen molar-refractivity contribution in [3.63, 3.8) is 0 Å². The van der Waals surface area contributed by atoms with E-state index >= 15 is 0 Å². The zero-order valence-corrected chi connectivity index (χ0v) is 12.5. The zero-order chi connectivity index (χ0) is 15.1. The fourth-order valence-corrected chi connectivity index (χ4v) is 2.21. The number of aromatic nitrogens is 1. The van der Waals surface area contributed by atoms with E-state index in [4.69, 9.17) is 9.84 Å². The highest BCUT2D eigenvalue weighted by Gasteiger charge is 2.08. The molecule has 1 aromatic carbocycles. The summed E-state index contributed by atoms with van der Waals surface area (Å²) in [5, 5.41) is 12.1. The van der Waals surface area contributed by atoms with Crippen LogP contribution < -0.4 is 10.1 Å². The minimum Gasteiger partial charge on any atom is -0.456 e. The molecular formula is C17H22N2O2. The zero-order valence-electron chi connectivity index (χ0n) is 12.5. The Balaban J connectivity index is 2.02. The van der Waals surface area contributed by atoms with Gasteiger partial charge in [0.05, 0.1) is 11.9 Å². The van der Waals surface area contributed by atoms with Gasteiger partial charge in [-0.3, -0.25) is 4.98 Å². The van der Waals surface area contributed by atoms with Crippen molar-refractivity contribution in [1.29, 1.82) is 0 Å². The first-order valence-corrected chi connectivity index (χ1v) is 7.27. The van der Waals surface area contributed by atoms with Crippen LogP contribution in [0.25, 0.3) is 0 Å². The average molecular weight is 286 g/mol. The van der Waals surface area contributed by atoms with Crippen LogP contribution in [-0.2, 0) is 6.42 Å². The van der Waals surface area contributed by atoms with Gasteiger partial charge in [-0.1, -0.05) is 19.1 Å². The molecule has 2 rings (SSSR count). The Kier molecular flexibility index (Phi) is 5.72. The summed E-state index contributed by atoms with van der Waals surface area (Å²) in [6.07, 6.45) is 3.41. The Morgan fingerprint density at radius 1 is 1.14 bits per heavy atom. The largest absolute Gasteiger partial charge is 0.456 e. The highest BCUT2D eigenvalue weighted by molar-refractivity contribution is 5.32. The fraction of sp³-hybridized carbons (Fsp3) is 0.353. The average Bonchev–Trinajstić information content (AvgIpc) is 2.52. The van der Waals surface area contributed by atoms with Gasteiger partial charge in [0.15, 0.2) is 0 Å². The van der Waals surface area contributed by atoms with E-state index in [-0.39, 0.29) is 12.6 Å². The summed E-state index contributed by atoms with van der Waals surface area (Å²) in [4.78, 5) is 4.44. The molecule has 0 amide bonds. The van der Waals surface area contributed by atoms with Gasteiger partial charge >= 0.3 is 0 Å². The number of aliphatic hydroxyl groups is 1. The first-order valence-electron chi connectivity index (χ1n) is 7.27. The summed E-state index contributed by atoms with van der Waals surface area (Å²) >= 11 is 0. The SMILES string of the molecule is CCC(NC)c1ccc(Oc2ccc(CCO)cc2)cn1. The maximum Gasteiger partial charge on any atom is 0.145 e. The second kappa shape index (κ2) is 7.76. The molecular weight excluding hydrogens is 264 g/mol. The number of rotatable bonds is 7. The van der Waals surface area contributed by atoms with Gasteiger partial charge in [0, 0.05) is 12.6 Å². The van der Waals surface area contributed by atoms with Gasteiger partial charge in [-0.2, -0.15) is 0 Å². The van der Waals surface area contributed by atoms with Crippen LogP contribution in [0.2, 0.25) is 0 Å². The minimum absolute atomic E-state index is 0.162. The second-order valence-electron chi connectivity index (χ2n) is 4.89. The van der Waals surface area contributed by atoms with Crippen molar-refractivity contribution in [1.82, 2.24) is 10.3 Å². The van der Waals surface area contributed by atoms with Crippen molar-refractivity contribution in [2.24, 2.45) is 0 Å². The lowest BCUT2D eigenvalue weighted by molar-refractivity contribution is 0.299. The molecule has 0 radical (unpaired) electrons. The van der Waals surface area contributed by atoms with Crippen molar-refractivity contribution in [3.8, 4) is 11.5 Å². The Bertz CT molecular complexity index is 534. The van der Waals surface area contributed by atoms with Crippen molar-refractivity contribution < 1.29 is 9.84 Å². The summed E-state index contributed by atoms with van der Waals surface area (Å²) in [6.45, 7) is 2.29. The lowest BCUT2D eigenvalue weighted by Gasteiger charge is -2.13. The van der Waals surface area contributed by atoms with E-state index in [9.17, 15) is 0 Å². The van der Waals surface area contributed by atoms with Crippen LogP contribution >= 0.6 is 0 Å². The number of aliphatic hydroxyl groups excluding tert-OH is 1. The molecule has 4 heteroatoms. The number of nitrogens with one attached hydrogen (secondary N) is 1. The van der Waals surface area contributed by atoms with Crippen LogP contribution in [-0.4, -0.2) is 23.7 Å². The first-order chi connectivity index (χ1) is 10.3. The van der Waals surface area contributed by atoms with Crippen LogP contribution in [0.5, 0.6) is 11.5 Å². The summed E-state index contributed by atoms with van der Waals surface area (Å²) in [6, 6.07) is 11.9. The maximum absolute atomic E-state index is 8.89. The molecule has 2 N–H and O–H groups in total. The van der Waals surface area contributed by atoms with Gasteiger partial charge in [-0.25, -0.2) is 0 Å². The van der Waals surface area contributed by atoms with Crippen LogP contribution in [0.3, 0.4) is 0 Å². The van der Waals surface area contributed by atoms with Crippen molar-refractivity contribution >= 4 is 0 Å². The van der Waals surface area contributed by atoms with E-state index in [0.29, 0.717) is 6.42 Å². The number of benzene rings is 1. The summed E-state index contributed by atoms with van der Waals surface area (Å²) in [5.74, 6) is 1.49. The molecule has 0 aliphatic carbocycles. The van der Waals surface area contributed by atoms with Crippen molar-refractivity contribution in [2.45, 2.75) is 25.8 Å². The van der Waals surface area contributed by atoms with Crippen molar-refractivity contribution in [2.75, 3.05) is 13.7 Å². The van der Waals surface area contributed by atoms with Gasteiger partial charge in [0.2, 0.25) is 0 Å². The molecule has 0 aliphatic heterocycles. The van der Waals surface area contributed by atoms with Gasteiger partial charge in [0.1, 0.15) is 11.5 Å². The summed E-state index contributed by atoms with van der Waals surface area (Å²) < 4.78 is 5.77. The van der Waals surface area contributed by atoms with E-state index < -0.39 is 0 Å². The molecule has 0 aliphatic rings. The molecule has 0 saturated carbocycles. The molecule has 1 aromatic heterocycles. The number of pyridine rings is 1. The predicted molar refractivity (Wildman–Crippen MR) is 83.6 cm³/mol. The predicted octanol–water partition coefficient (Wildman–Crippen LogP) is 3.08. The highest BCUT2D eigenvalue weighted by atomic mass is 16.5. The van der Waals surface area contributed by atoms with E-state index in [1.54, 1.807) is 6.20 Å². The molecule has 4 nitrogen and oxygen atoms in total. The number of hydrogen-bond donors (Lipinski definition) is 2. The number of ether oxygens (including phenoxy) is 1. The highest BCUT2D eigenvalue weighted by Crippen LogP contribution is 2.23. The smallest absolute Gasteiger partial charge is 0.145 e. The fourth-order valence-electron chi connectivity index (χ4n) is 2.21. The molecule has 0 fully saturated rings. The van der Waals surface area contributed by atoms with Crippen LogP contribution in [0.1, 0.15) is 30.6 Å². The normalized spacial score (nSPS) is 12.1. The molecule has 2 aromatic rings. The number of hydrogen-bond acceptors (Lipinski definition) is 4. The number of nitrogens with zero attached hydrogens (tertiary/aromatic N) is 1. The quantitative estimate of drug-likeness (QED) is 0.821. The summed E-state index contributed by atoms with van der Waals surface area (Å²) in [5.41, 5.74) is 2.11. The second-order valence-corrected chi connectivity index (χ2v) is 4.89. The monoisotopic (exact) mass is 286 g/mol. The molecule has 1 heterocycles. The van der Waals surface area contributed by atoms with E-state index in [0.717, 1.165) is 29.2 Å². The van der Waals surface area contributed by atoms with Gasteiger partial charge in [-0.15, -0.1) is 0 Å². The molecule has 0 bridgehead atoms. The third kappa shape index (κ3) is 4.28. The first kappa shape index (κ1) is 15.5. The molecule has 112 valence electrons. The molecule has 1 unspecified atom stereocenters. The Labute approximate surface area is 125 Å². The van der Waals surface area contributed by atoms with Gasteiger partial charge < -0.3 is 15.2 Å². The molecule has 0 saturated heterocycles. The van der Waals surface area contributed by atoms with Crippen LogP contribution in [0.4, 0.5) is 0 Å². The standard InChI is InChI=1S/C17H22N2O2/c1-3-16(18-2)17-9-8-15(12-19-17)21-14-6-4-13(5-7-14)10-11-20/h4-9,12,16,18,20H,3,10-11H2,1-2H3. The molecule has 21 heavy (non-hydrogen) atoms. The maximum atomic E-state index is 8.89. The topological polar surface area (TPSA) is 54.4 Å². The van der Waals surface area contributed by atoms with Crippen molar-refractivity contribution in [3.05, 3.63) is 53.9 Å². The summed E-state index contributed by atoms with van der Waals surface area (Å²) in [7, 11) is 1.94. The third-order valence-electron chi connectivity index (χ3n) is 3.43. The van der Waals surface area contributed by atoms with Gasteiger partial charge in [0.25, 0.3) is 0 Å². The van der Waals surface area contributed by atoms with E-state index in [1.165, 1.54) is 0 Å². The lowest BCUT2D eigenvalue weighted by Crippen LogP contribution is -2.16. The van der Waals surface area contributed by atoms with E-state index in [2.05, 4.69) is 17.2 Å². The van der Waals surface area contributed by atoms with Crippen LogP contribution in [0, 0.1) is 0 Å². The van der Waals surface area contributed by atoms with Gasteiger partial charge in [-0.05, 0) is 49.7 Å². The molecule has 0 spiro atoms. The third-order valence-corrected chi connectivity index (χ3v) is 3.43. The van der Waals surface area contributed by atoms with E-state index in [1.807, 2.05) is 43.4 Å².